The van der Waals surface area contributed by atoms with Crippen molar-refractivity contribution >= 4 is 11.6 Å². The molecule has 0 saturated carbocycles. The largest absolute Gasteiger partial charge is 0.479 e. The number of carbonyl (C=O) groups excluding carboxylic acids is 1. The highest BCUT2D eigenvalue weighted by atomic mass is 16.5. The van der Waals surface area contributed by atoms with Gasteiger partial charge in [0.2, 0.25) is 0 Å². The maximum absolute atomic E-state index is 12.3. The summed E-state index contributed by atoms with van der Waals surface area (Å²) in [5, 5.41) is 3.41. The number of amides is 1. The summed E-state index contributed by atoms with van der Waals surface area (Å²) in [6.45, 7) is 8.80. The van der Waals surface area contributed by atoms with Crippen LogP contribution in [0, 0.1) is 5.92 Å². The second-order valence-corrected chi connectivity index (χ2v) is 5.49. The van der Waals surface area contributed by atoms with Crippen molar-refractivity contribution in [1.82, 2.24) is 5.32 Å². The van der Waals surface area contributed by atoms with Crippen LogP contribution in [-0.2, 0) is 4.79 Å². The van der Waals surface area contributed by atoms with Gasteiger partial charge in [0.1, 0.15) is 5.75 Å². The van der Waals surface area contributed by atoms with Crippen LogP contribution in [0.2, 0.25) is 0 Å². The molecule has 0 aromatic heterocycles. The van der Waals surface area contributed by atoms with Crippen LogP contribution < -0.4 is 15.0 Å². The van der Waals surface area contributed by atoms with Crippen molar-refractivity contribution in [3.63, 3.8) is 0 Å². The summed E-state index contributed by atoms with van der Waals surface area (Å²) < 4.78 is 5.65. The second-order valence-electron chi connectivity index (χ2n) is 5.49. The number of anilines is 1. The Morgan fingerprint density at radius 1 is 1.40 bits per heavy atom. The van der Waals surface area contributed by atoms with Gasteiger partial charge in [-0.05, 0) is 44.5 Å². The third-order valence-corrected chi connectivity index (χ3v) is 3.49. The summed E-state index contributed by atoms with van der Waals surface area (Å²) >= 11 is 0. The number of benzene rings is 1. The van der Waals surface area contributed by atoms with E-state index < -0.39 is 6.10 Å². The van der Waals surface area contributed by atoms with E-state index in [1.807, 2.05) is 36.1 Å². The number of carbonyl (C=O) groups is 1. The molecule has 0 fully saturated rings. The first-order valence-electron chi connectivity index (χ1n) is 7.41. The van der Waals surface area contributed by atoms with Crippen LogP contribution in [0.1, 0.15) is 27.2 Å². The fourth-order valence-electron chi connectivity index (χ4n) is 2.45. The zero-order valence-electron chi connectivity index (χ0n) is 12.6. The van der Waals surface area contributed by atoms with Crippen LogP contribution in [0.5, 0.6) is 5.75 Å². The molecule has 1 aliphatic rings. The molecule has 1 aromatic rings. The predicted molar refractivity (Wildman–Crippen MR) is 81.2 cm³/mol. The standard InChI is InChI=1S/C16H24N2O2/c1-4-9-17-10-12(2)11-18-14-7-5-6-8-15(14)20-13(3)16(18)19/h5-8,12-13,17H,4,9-11H2,1-3H3. The normalized spacial score (nSPS) is 19.4. The molecular weight excluding hydrogens is 252 g/mol. The van der Waals surface area contributed by atoms with Crippen molar-refractivity contribution < 1.29 is 9.53 Å². The zero-order valence-corrected chi connectivity index (χ0v) is 12.6. The summed E-state index contributed by atoms with van der Waals surface area (Å²) in [5.41, 5.74) is 0.887. The van der Waals surface area contributed by atoms with Crippen LogP contribution in [0.25, 0.3) is 0 Å². The molecule has 2 unspecified atom stereocenters. The molecule has 0 radical (unpaired) electrons. The number of hydrogen-bond acceptors (Lipinski definition) is 3. The maximum Gasteiger partial charge on any atom is 0.267 e. The molecule has 0 bridgehead atoms. The van der Waals surface area contributed by atoms with Crippen molar-refractivity contribution in [2.24, 2.45) is 5.92 Å². The number of nitrogens with zero attached hydrogens (tertiary/aromatic N) is 1. The third kappa shape index (κ3) is 3.31. The van der Waals surface area contributed by atoms with E-state index in [4.69, 9.17) is 4.74 Å². The second kappa shape index (κ2) is 6.75. The van der Waals surface area contributed by atoms with Gasteiger partial charge in [0.15, 0.2) is 6.10 Å². The molecule has 1 heterocycles. The first-order chi connectivity index (χ1) is 9.63. The van der Waals surface area contributed by atoms with Gasteiger partial charge in [0.25, 0.3) is 5.91 Å². The molecule has 2 atom stereocenters. The Bertz CT molecular complexity index is 462. The lowest BCUT2D eigenvalue weighted by atomic mass is 10.1. The van der Waals surface area contributed by atoms with Gasteiger partial charge in [-0.3, -0.25) is 4.79 Å². The minimum absolute atomic E-state index is 0.0473. The van der Waals surface area contributed by atoms with Crippen molar-refractivity contribution in [3.8, 4) is 5.75 Å². The van der Waals surface area contributed by atoms with Crippen LogP contribution in [0.4, 0.5) is 5.69 Å². The summed E-state index contributed by atoms with van der Waals surface area (Å²) in [7, 11) is 0. The average Bonchev–Trinajstić information content (AvgIpc) is 2.44. The molecule has 0 saturated heterocycles. The Balaban J connectivity index is 2.07. The fourth-order valence-corrected chi connectivity index (χ4v) is 2.45. The fraction of sp³-hybridized carbons (Fsp3) is 0.562. The summed E-state index contributed by atoms with van der Waals surface area (Å²) in [4.78, 5) is 14.2. The minimum atomic E-state index is -0.402. The molecule has 20 heavy (non-hydrogen) atoms. The zero-order chi connectivity index (χ0) is 14.5. The molecule has 1 amide bonds. The lowest BCUT2D eigenvalue weighted by Crippen LogP contribution is -2.47. The van der Waals surface area contributed by atoms with E-state index in [1.165, 1.54) is 0 Å². The van der Waals surface area contributed by atoms with E-state index >= 15 is 0 Å². The van der Waals surface area contributed by atoms with Crippen LogP contribution in [-0.4, -0.2) is 31.6 Å². The van der Waals surface area contributed by atoms with Crippen molar-refractivity contribution in [1.29, 1.82) is 0 Å². The molecule has 2 rings (SSSR count). The van der Waals surface area contributed by atoms with Crippen LogP contribution in [0.3, 0.4) is 0 Å². The third-order valence-electron chi connectivity index (χ3n) is 3.49. The van der Waals surface area contributed by atoms with Crippen molar-refractivity contribution in [2.75, 3.05) is 24.5 Å². The van der Waals surface area contributed by atoms with Crippen molar-refractivity contribution in [2.45, 2.75) is 33.3 Å². The molecule has 4 nitrogen and oxygen atoms in total. The van der Waals surface area contributed by atoms with Gasteiger partial charge in [-0.15, -0.1) is 0 Å². The van der Waals surface area contributed by atoms with E-state index in [0.717, 1.165) is 37.5 Å². The van der Waals surface area contributed by atoms with Gasteiger partial charge in [-0.25, -0.2) is 0 Å². The Morgan fingerprint density at radius 2 is 2.15 bits per heavy atom. The van der Waals surface area contributed by atoms with E-state index in [1.54, 1.807) is 0 Å². The Morgan fingerprint density at radius 3 is 2.90 bits per heavy atom. The smallest absolute Gasteiger partial charge is 0.267 e. The lowest BCUT2D eigenvalue weighted by molar-refractivity contribution is -0.125. The maximum atomic E-state index is 12.3. The van der Waals surface area contributed by atoms with Crippen LogP contribution in [0.15, 0.2) is 24.3 Å². The first-order valence-corrected chi connectivity index (χ1v) is 7.41. The van der Waals surface area contributed by atoms with Gasteiger partial charge >= 0.3 is 0 Å². The highest BCUT2D eigenvalue weighted by Gasteiger charge is 2.31. The number of para-hydroxylation sites is 2. The summed E-state index contributed by atoms with van der Waals surface area (Å²) in [6, 6.07) is 7.75. The van der Waals surface area contributed by atoms with Gasteiger partial charge < -0.3 is 15.0 Å². The topological polar surface area (TPSA) is 41.6 Å². The molecule has 0 spiro atoms. The molecule has 4 heteroatoms. The molecule has 1 aliphatic heterocycles. The molecule has 0 aliphatic carbocycles. The van der Waals surface area contributed by atoms with E-state index in [2.05, 4.69) is 19.2 Å². The first kappa shape index (κ1) is 14.9. The number of rotatable bonds is 6. The Hall–Kier alpha value is -1.55. The summed E-state index contributed by atoms with van der Waals surface area (Å²) in [5.74, 6) is 1.25. The van der Waals surface area contributed by atoms with E-state index in [-0.39, 0.29) is 5.91 Å². The van der Waals surface area contributed by atoms with E-state index in [0.29, 0.717) is 5.92 Å². The molecular formula is C16H24N2O2. The Labute approximate surface area is 121 Å². The number of hydrogen-bond donors (Lipinski definition) is 1. The van der Waals surface area contributed by atoms with Crippen molar-refractivity contribution in [3.05, 3.63) is 24.3 Å². The van der Waals surface area contributed by atoms with Gasteiger partial charge in [0.05, 0.1) is 5.69 Å². The average molecular weight is 276 g/mol. The van der Waals surface area contributed by atoms with Gasteiger partial charge in [-0.1, -0.05) is 26.0 Å². The van der Waals surface area contributed by atoms with E-state index in [9.17, 15) is 4.79 Å². The molecule has 1 aromatic carbocycles. The minimum Gasteiger partial charge on any atom is -0.479 e. The molecule has 1 N–H and O–H groups in total. The predicted octanol–water partition coefficient (Wildman–Crippen LogP) is 2.44. The quantitative estimate of drug-likeness (QED) is 0.811. The SMILES string of the molecule is CCCNCC(C)CN1C(=O)C(C)Oc2ccccc21. The number of fused-ring (bicyclic) bond motifs is 1. The monoisotopic (exact) mass is 276 g/mol. The highest BCUT2D eigenvalue weighted by Crippen LogP contribution is 2.33. The van der Waals surface area contributed by atoms with Gasteiger partial charge in [0, 0.05) is 6.54 Å². The number of ether oxygens (including phenoxy) is 1. The summed E-state index contributed by atoms with van der Waals surface area (Å²) in [6.07, 6.45) is 0.726. The molecule has 110 valence electrons. The highest BCUT2D eigenvalue weighted by molar-refractivity contribution is 5.99. The van der Waals surface area contributed by atoms with Crippen LogP contribution >= 0.6 is 0 Å². The number of nitrogens with one attached hydrogen (secondary N) is 1. The van der Waals surface area contributed by atoms with Gasteiger partial charge in [-0.2, -0.15) is 0 Å². The Kier molecular flexibility index (Phi) is 5.01. The lowest BCUT2D eigenvalue weighted by Gasteiger charge is -2.34.